The van der Waals surface area contributed by atoms with E-state index in [1.165, 1.54) is 12.8 Å². The van der Waals surface area contributed by atoms with Crippen LogP contribution >= 0.6 is 0 Å². The van der Waals surface area contributed by atoms with E-state index >= 15 is 0 Å². The van der Waals surface area contributed by atoms with Gasteiger partial charge < -0.3 is 19.9 Å². The Labute approximate surface area is 110 Å². The zero-order valence-electron chi connectivity index (χ0n) is 11.5. The van der Waals surface area contributed by atoms with E-state index in [1.54, 1.807) is 0 Å². The maximum atomic E-state index is 10.4. The fourth-order valence-corrected chi connectivity index (χ4v) is 2.97. The van der Waals surface area contributed by atoms with E-state index in [2.05, 4.69) is 5.32 Å². The lowest BCUT2D eigenvalue weighted by Crippen LogP contribution is -2.45. The van der Waals surface area contributed by atoms with Gasteiger partial charge in [-0.25, -0.2) is 0 Å². The number of morpholine rings is 1. The molecule has 0 saturated carbocycles. The second-order valence-corrected chi connectivity index (χ2v) is 5.95. The molecule has 2 aliphatic heterocycles. The molecule has 0 amide bonds. The average Bonchev–Trinajstić information content (AvgIpc) is 2.82. The lowest BCUT2D eigenvalue weighted by atomic mass is 9.90. The summed E-state index contributed by atoms with van der Waals surface area (Å²) in [5, 5.41) is 13.8. The molecule has 2 saturated heterocycles. The minimum atomic E-state index is -0.586. The molecule has 2 fully saturated rings. The van der Waals surface area contributed by atoms with Crippen LogP contribution in [0.1, 0.15) is 45.4 Å². The molecule has 4 nitrogen and oxygen atoms in total. The molecular weight excluding hydrogens is 230 g/mol. The highest BCUT2D eigenvalue weighted by Crippen LogP contribution is 2.24. The predicted octanol–water partition coefficient (Wildman–Crippen LogP) is 1.47. The van der Waals surface area contributed by atoms with Gasteiger partial charge >= 0.3 is 0 Å². The summed E-state index contributed by atoms with van der Waals surface area (Å²) in [6.07, 6.45) is 6.60. The predicted molar refractivity (Wildman–Crippen MR) is 70.7 cm³/mol. The Kier molecular flexibility index (Phi) is 5.42. The first-order valence-electron chi connectivity index (χ1n) is 7.31. The summed E-state index contributed by atoms with van der Waals surface area (Å²) in [5.41, 5.74) is -0.586. The summed E-state index contributed by atoms with van der Waals surface area (Å²) >= 11 is 0. The van der Waals surface area contributed by atoms with Gasteiger partial charge in [0.05, 0.1) is 24.9 Å². The first kappa shape index (κ1) is 14.3. The first-order chi connectivity index (χ1) is 8.66. The summed E-state index contributed by atoms with van der Waals surface area (Å²) in [7, 11) is 0. The van der Waals surface area contributed by atoms with Crippen molar-refractivity contribution >= 4 is 0 Å². The van der Waals surface area contributed by atoms with Crippen molar-refractivity contribution in [3.05, 3.63) is 0 Å². The van der Waals surface area contributed by atoms with Gasteiger partial charge in [-0.15, -0.1) is 0 Å². The van der Waals surface area contributed by atoms with Crippen molar-refractivity contribution in [2.75, 3.05) is 26.4 Å². The maximum absolute atomic E-state index is 10.4. The van der Waals surface area contributed by atoms with E-state index in [0.717, 1.165) is 52.0 Å². The van der Waals surface area contributed by atoms with Crippen LogP contribution in [-0.4, -0.2) is 49.2 Å². The monoisotopic (exact) mass is 257 g/mol. The number of hydrogen-bond donors (Lipinski definition) is 2. The Morgan fingerprint density at radius 2 is 2.28 bits per heavy atom. The summed E-state index contributed by atoms with van der Waals surface area (Å²) in [6.45, 7) is 5.28. The number of hydrogen-bond acceptors (Lipinski definition) is 4. The third kappa shape index (κ3) is 4.84. The summed E-state index contributed by atoms with van der Waals surface area (Å²) in [5.74, 6) is 0. The molecular formula is C14H27NO3. The molecule has 0 bridgehead atoms. The minimum Gasteiger partial charge on any atom is -0.390 e. The van der Waals surface area contributed by atoms with Crippen molar-refractivity contribution in [3.63, 3.8) is 0 Å². The SMILES string of the molecule is CC(O)(CCCC1CCCO1)CC1COCCN1. The molecule has 3 unspecified atom stereocenters. The smallest absolute Gasteiger partial charge is 0.0635 e. The third-order valence-corrected chi connectivity index (χ3v) is 3.95. The van der Waals surface area contributed by atoms with Crippen molar-refractivity contribution in [1.29, 1.82) is 0 Å². The fourth-order valence-electron chi connectivity index (χ4n) is 2.97. The number of aliphatic hydroxyl groups is 1. The van der Waals surface area contributed by atoms with Crippen molar-refractivity contribution < 1.29 is 14.6 Å². The van der Waals surface area contributed by atoms with E-state index in [1.807, 2.05) is 6.92 Å². The van der Waals surface area contributed by atoms with Crippen molar-refractivity contribution in [2.45, 2.75) is 63.2 Å². The molecule has 0 spiro atoms. The molecule has 4 heteroatoms. The van der Waals surface area contributed by atoms with Crippen LogP contribution in [0.25, 0.3) is 0 Å². The van der Waals surface area contributed by atoms with Crippen LogP contribution in [-0.2, 0) is 9.47 Å². The molecule has 2 N–H and O–H groups in total. The van der Waals surface area contributed by atoms with Crippen molar-refractivity contribution in [3.8, 4) is 0 Å². The number of ether oxygens (including phenoxy) is 2. The first-order valence-corrected chi connectivity index (χ1v) is 7.31. The number of nitrogens with one attached hydrogen (secondary N) is 1. The maximum Gasteiger partial charge on any atom is 0.0635 e. The average molecular weight is 257 g/mol. The van der Waals surface area contributed by atoms with E-state index in [9.17, 15) is 5.11 Å². The summed E-state index contributed by atoms with van der Waals surface area (Å²) < 4.78 is 11.0. The molecule has 0 aromatic heterocycles. The van der Waals surface area contributed by atoms with Gasteiger partial charge in [-0.1, -0.05) is 0 Å². The summed E-state index contributed by atoms with van der Waals surface area (Å²) in [6, 6.07) is 0.302. The lowest BCUT2D eigenvalue weighted by molar-refractivity contribution is -0.00305. The van der Waals surface area contributed by atoms with E-state index in [0.29, 0.717) is 12.1 Å². The van der Waals surface area contributed by atoms with Gasteiger partial charge in [-0.05, 0) is 45.4 Å². The highest BCUT2D eigenvalue weighted by Gasteiger charge is 2.27. The molecule has 0 radical (unpaired) electrons. The normalized spacial score (nSPS) is 32.3. The zero-order valence-corrected chi connectivity index (χ0v) is 11.5. The van der Waals surface area contributed by atoms with Gasteiger partial charge in [0.2, 0.25) is 0 Å². The molecule has 0 aliphatic carbocycles. The van der Waals surface area contributed by atoms with Gasteiger partial charge in [0.15, 0.2) is 0 Å². The van der Waals surface area contributed by atoms with Crippen LogP contribution in [0, 0.1) is 0 Å². The Hall–Kier alpha value is -0.160. The van der Waals surface area contributed by atoms with Gasteiger partial charge in [-0.2, -0.15) is 0 Å². The van der Waals surface area contributed by atoms with Crippen LogP contribution < -0.4 is 5.32 Å². The van der Waals surface area contributed by atoms with Crippen molar-refractivity contribution in [1.82, 2.24) is 5.32 Å². The zero-order chi connectivity index (χ0) is 12.8. The van der Waals surface area contributed by atoms with Gasteiger partial charge in [0.1, 0.15) is 0 Å². The molecule has 2 aliphatic rings. The van der Waals surface area contributed by atoms with Crippen LogP contribution in [0.5, 0.6) is 0 Å². The second-order valence-electron chi connectivity index (χ2n) is 5.95. The number of rotatable bonds is 6. The van der Waals surface area contributed by atoms with E-state index in [-0.39, 0.29) is 0 Å². The highest BCUT2D eigenvalue weighted by molar-refractivity contribution is 4.82. The van der Waals surface area contributed by atoms with Gasteiger partial charge in [0, 0.05) is 19.2 Å². The molecule has 0 aromatic carbocycles. The van der Waals surface area contributed by atoms with Crippen LogP contribution in [0.15, 0.2) is 0 Å². The third-order valence-electron chi connectivity index (χ3n) is 3.95. The standard InChI is InChI=1S/C14H27NO3/c1-14(16,10-12-11-17-9-7-15-12)6-2-4-13-5-3-8-18-13/h12-13,15-16H,2-11H2,1H3. The Balaban J connectivity index is 1.62. The fraction of sp³-hybridized carbons (Fsp3) is 1.00. The largest absolute Gasteiger partial charge is 0.390 e. The van der Waals surface area contributed by atoms with Gasteiger partial charge in [-0.3, -0.25) is 0 Å². The van der Waals surface area contributed by atoms with Crippen LogP contribution in [0.3, 0.4) is 0 Å². The van der Waals surface area contributed by atoms with E-state index in [4.69, 9.17) is 9.47 Å². The lowest BCUT2D eigenvalue weighted by Gasteiger charge is -2.31. The minimum absolute atomic E-state index is 0.302. The molecule has 2 heterocycles. The summed E-state index contributed by atoms with van der Waals surface area (Å²) in [4.78, 5) is 0. The molecule has 18 heavy (non-hydrogen) atoms. The van der Waals surface area contributed by atoms with Crippen LogP contribution in [0.2, 0.25) is 0 Å². The Morgan fingerprint density at radius 1 is 1.39 bits per heavy atom. The second kappa shape index (κ2) is 6.85. The molecule has 3 atom stereocenters. The highest BCUT2D eigenvalue weighted by atomic mass is 16.5. The molecule has 2 rings (SSSR count). The topological polar surface area (TPSA) is 50.7 Å². The van der Waals surface area contributed by atoms with Crippen LogP contribution in [0.4, 0.5) is 0 Å². The Bertz CT molecular complexity index is 233. The van der Waals surface area contributed by atoms with Crippen molar-refractivity contribution in [2.24, 2.45) is 0 Å². The Morgan fingerprint density at radius 3 is 2.94 bits per heavy atom. The molecule has 0 aromatic rings. The van der Waals surface area contributed by atoms with Gasteiger partial charge in [0.25, 0.3) is 0 Å². The quantitative estimate of drug-likeness (QED) is 0.756. The van der Waals surface area contributed by atoms with E-state index < -0.39 is 5.60 Å². The molecule has 106 valence electrons.